The Morgan fingerprint density at radius 2 is 1.39 bits per heavy atom. The van der Waals surface area contributed by atoms with Crippen LogP contribution in [0.15, 0.2) is 78.8 Å². The fraction of sp³-hybridized carbons (Fsp3) is 0.200. The minimum Gasteiger partial charge on any atom is -0.363 e. The number of rotatable bonds is 5. The van der Waals surface area contributed by atoms with Gasteiger partial charge < -0.3 is 9.80 Å². The van der Waals surface area contributed by atoms with Crippen molar-refractivity contribution >= 4 is 23.3 Å². The van der Waals surface area contributed by atoms with Crippen molar-refractivity contribution in [3.8, 4) is 0 Å². The summed E-state index contributed by atoms with van der Waals surface area (Å²) in [4.78, 5) is 40.8. The second kappa shape index (κ2) is 8.82. The first kappa shape index (κ1) is 20.8. The highest BCUT2D eigenvalue weighted by molar-refractivity contribution is 6.35. The second-order valence-electron chi connectivity index (χ2n) is 7.94. The van der Waals surface area contributed by atoms with Crippen LogP contribution in [0.1, 0.15) is 11.1 Å². The van der Waals surface area contributed by atoms with Crippen molar-refractivity contribution in [1.29, 1.82) is 0 Å². The summed E-state index contributed by atoms with van der Waals surface area (Å²) < 4.78 is 13.6. The molecule has 0 bridgehead atoms. The number of imide groups is 1. The van der Waals surface area contributed by atoms with Gasteiger partial charge >= 0.3 is 0 Å². The van der Waals surface area contributed by atoms with Gasteiger partial charge in [0.1, 0.15) is 11.5 Å². The van der Waals surface area contributed by atoms with E-state index in [1.807, 2.05) is 35.2 Å². The first-order valence-electron chi connectivity index (χ1n) is 10.8. The van der Waals surface area contributed by atoms with Crippen LogP contribution in [-0.2, 0) is 16.1 Å². The van der Waals surface area contributed by atoms with E-state index in [-0.39, 0.29) is 18.4 Å². The topological polar surface area (TPSA) is 69.6 Å². The zero-order valence-corrected chi connectivity index (χ0v) is 17.9. The van der Waals surface area contributed by atoms with Crippen LogP contribution < -0.4 is 4.90 Å². The van der Waals surface area contributed by atoms with Crippen molar-refractivity contribution in [2.24, 2.45) is 0 Å². The predicted molar refractivity (Wildman–Crippen MR) is 121 cm³/mol. The SMILES string of the molecule is O=C1C(c2ccc(F)cc2)=C(N2CCN(c3ncccn3)CC2)C(=O)N1Cc1ccccc1. The van der Waals surface area contributed by atoms with Crippen molar-refractivity contribution in [2.45, 2.75) is 6.54 Å². The Morgan fingerprint density at radius 1 is 0.758 bits per heavy atom. The number of carbonyl (C=O) groups excluding carboxylic acids is 2. The number of nitrogens with zero attached hydrogens (tertiary/aromatic N) is 5. The molecule has 33 heavy (non-hydrogen) atoms. The summed E-state index contributed by atoms with van der Waals surface area (Å²) in [6.07, 6.45) is 3.40. The van der Waals surface area contributed by atoms with Gasteiger partial charge in [-0.15, -0.1) is 0 Å². The van der Waals surface area contributed by atoms with Gasteiger partial charge in [-0.1, -0.05) is 42.5 Å². The van der Waals surface area contributed by atoms with E-state index in [2.05, 4.69) is 14.9 Å². The van der Waals surface area contributed by atoms with Crippen molar-refractivity contribution in [3.05, 3.63) is 95.7 Å². The smallest absolute Gasteiger partial charge is 0.278 e. The summed E-state index contributed by atoms with van der Waals surface area (Å²) >= 11 is 0. The summed E-state index contributed by atoms with van der Waals surface area (Å²) in [5, 5.41) is 0. The summed E-state index contributed by atoms with van der Waals surface area (Å²) in [6.45, 7) is 2.49. The largest absolute Gasteiger partial charge is 0.363 e. The van der Waals surface area contributed by atoms with Gasteiger partial charge in [0.15, 0.2) is 0 Å². The predicted octanol–water partition coefficient (Wildman–Crippen LogP) is 2.72. The van der Waals surface area contributed by atoms with Gasteiger partial charge in [-0.3, -0.25) is 14.5 Å². The Labute approximate surface area is 190 Å². The molecule has 0 saturated carbocycles. The fourth-order valence-corrected chi connectivity index (χ4v) is 4.23. The van der Waals surface area contributed by atoms with E-state index in [4.69, 9.17) is 0 Å². The molecule has 2 aromatic carbocycles. The normalized spacial score (nSPS) is 16.7. The molecule has 2 aliphatic rings. The molecule has 1 aromatic heterocycles. The molecule has 2 amide bonds. The van der Waals surface area contributed by atoms with E-state index in [1.165, 1.54) is 17.0 Å². The van der Waals surface area contributed by atoms with Gasteiger partial charge in [0.05, 0.1) is 12.1 Å². The molecule has 8 heteroatoms. The van der Waals surface area contributed by atoms with Crippen LogP contribution in [-0.4, -0.2) is 57.8 Å². The average Bonchev–Trinajstić information content (AvgIpc) is 3.11. The molecule has 1 fully saturated rings. The molecule has 166 valence electrons. The first-order valence-corrected chi connectivity index (χ1v) is 10.8. The van der Waals surface area contributed by atoms with Crippen LogP contribution in [0.3, 0.4) is 0 Å². The van der Waals surface area contributed by atoms with E-state index < -0.39 is 5.82 Å². The zero-order chi connectivity index (χ0) is 22.8. The molecule has 0 radical (unpaired) electrons. The van der Waals surface area contributed by atoms with E-state index in [9.17, 15) is 14.0 Å². The van der Waals surface area contributed by atoms with Crippen LogP contribution in [0.5, 0.6) is 0 Å². The Hall–Kier alpha value is -4.07. The maximum Gasteiger partial charge on any atom is 0.278 e. The maximum atomic E-state index is 13.6. The Morgan fingerprint density at radius 3 is 2.06 bits per heavy atom. The lowest BCUT2D eigenvalue weighted by atomic mass is 10.0. The van der Waals surface area contributed by atoms with E-state index in [0.29, 0.717) is 49.0 Å². The van der Waals surface area contributed by atoms with E-state index in [1.54, 1.807) is 30.6 Å². The molecule has 3 aromatic rings. The number of piperazine rings is 1. The molecule has 0 spiro atoms. The number of amides is 2. The van der Waals surface area contributed by atoms with Gasteiger partial charge in [-0.05, 0) is 29.3 Å². The standard InChI is InChI=1S/C25H22FN5O2/c26-20-9-7-19(8-10-20)21-22(24(33)31(23(21)32)17-18-5-2-1-3-6-18)29-13-15-30(16-14-29)25-27-11-4-12-28-25/h1-12H,13-17H2. The molecule has 0 atom stereocenters. The van der Waals surface area contributed by atoms with Crippen molar-refractivity contribution in [1.82, 2.24) is 19.8 Å². The van der Waals surface area contributed by atoms with E-state index in [0.717, 1.165) is 5.56 Å². The summed E-state index contributed by atoms with van der Waals surface area (Å²) in [7, 11) is 0. The molecular formula is C25H22FN5O2. The molecule has 3 heterocycles. The van der Waals surface area contributed by atoms with Crippen LogP contribution in [0.2, 0.25) is 0 Å². The van der Waals surface area contributed by atoms with Crippen molar-refractivity contribution in [2.75, 3.05) is 31.1 Å². The third-order valence-corrected chi connectivity index (χ3v) is 5.89. The van der Waals surface area contributed by atoms with Gasteiger partial charge in [-0.2, -0.15) is 0 Å². The lowest BCUT2D eigenvalue weighted by Gasteiger charge is -2.36. The lowest BCUT2D eigenvalue weighted by molar-refractivity contribution is -0.138. The Kier molecular flexibility index (Phi) is 5.56. The molecule has 5 rings (SSSR count). The monoisotopic (exact) mass is 443 g/mol. The van der Waals surface area contributed by atoms with Crippen molar-refractivity contribution < 1.29 is 14.0 Å². The Bertz CT molecular complexity index is 1190. The van der Waals surface area contributed by atoms with Crippen LogP contribution in [0.4, 0.5) is 10.3 Å². The quantitative estimate of drug-likeness (QED) is 0.565. The number of halogens is 1. The molecule has 0 N–H and O–H groups in total. The van der Waals surface area contributed by atoms with Crippen LogP contribution in [0, 0.1) is 5.82 Å². The fourth-order valence-electron chi connectivity index (χ4n) is 4.23. The second-order valence-corrected chi connectivity index (χ2v) is 7.94. The average molecular weight is 443 g/mol. The molecular weight excluding hydrogens is 421 g/mol. The minimum absolute atomic E-state index is 0.185. The molecule has 2 aliphatic heterocycles. The number of benzene rings is 2. The molecule has 0 aliphatic carbocycles. The molecule has 7 nitrogen and oxygen atoms in total. The van der Waals surface area contributed by atoms with Gasteiger partial charge in [0.25, 0.3) is 11.8 Å². The highest BCUT2D eigenvalue weighted by Gasteiger charge is 2.42. The summed E-state index contributed by atoms with van der Waals surface area (Å²) in [5.74, 6) is -0.438. The third kappa shape index (κ3) is 4.07. The van der Waals surface area contributed by atoms with Gasteiger partial charge in [0, 0.05) is 38.6 Å². The highest BCUT2D eigenvalue weighted by atomic mass is 19.1. The number of carbonyl (C=O) groups is 2. The van der Waals surface area contributed by atoms with Gasteiger partial charge in [-0.25, -0.2) is 14.4 Å². The minimum atomic E-state index is -0.393. The van der Waals surface area contributed by atoms with E-state index >= 15 is 0 Å². The molecule has 1 saturated heterocycles. The Balaban J connectivity index is 1.45. The van der Waals surface area contributed by atoms with Gasteiger partial charge in [0.2, 0.25) is 5.95 Å². The summed E-state index contributed by atoms with van der Waals surface area (Å²) in [5.41, 5.74) is 2.09. The zero-order valence-electron chi connectivity index (χ0n) is 17.9. The third-order valence-electron chi connectivity index (χ3n) is 5.89. The maximum absolute atomic E-state index is 13.6. The first-order chi connectivity index (χ1) is 16.1. The lowest BCUT2D eigenvalue weighted by Crippen LogP contribution is -2.48. The van der Waals surface area contributed by atoms with Crippen LogP contribution >= 0.6 is 0 Å². The van der Waals surface area contributed by atoms with Crippen molar-refractivity contribution in [3.63, 3.8) is 0 Å². The summed E-state index contributed by atoms with van der Waals surface area (Å²) in [6, 6.07) is 16.9. The molecule has 0 unspecified atom stereocenters. The number of hydrogen-bond donors (Lipinski definition) is 0. The number of hydrogen-bond acceptors (Lipinski definition) is 6. The van der Waals surface area contributed by atoms with Crippen LogP contribution in [0.25, 0.3) is 5.57 Å². The highest BCUT2D eigenvalue weighted by Crippen LogP contribution is 2.33. The number of aromatic nitrogens is 2. The number of anilines is 1.